The van der Waals surface area contributed by atoms with E-state index in [4.69, 9.17) is 15.7 Å². The second-order valence-electron chi connectivity index (χ2n) is 8.82. The van der Waals surface area contributed by atoms with Gasteiger partial charge in [-0.2, -0.15) is 5.26 Å². The van der Waals surface area contributed by atoms with E-state index < -0.39 is 0 Å². The molecule has 1 amide bonds. The van der Waals surface area contributed by atoms with Gasteiger partial charge in [-0.05, 0) is 73.8 Å². The van der Waals surface area contributed by atoms with E-state index in [0.29, 0.717) is 12.3 Å². The van der Waals surface area contributed by atoms with E-state index in [9.17, 15) is 4.79 Å². The molecule has 0 aromatic heterocycles. The van der Waals surface area contributed by atoms with Crippen molar-refractivity contribution in [3.63, 3.8) is 0 Å². The van der Waals surface area contributed by atoms with Crippen LogP contribution in [0.15, 0.2) is 30.3 Å². The summed E-state index contributed by atoms with van der Waals surface area (Å²) in [7, 11) is 1.76. The van der Waals surface area contributed by atoms with Gasteiger partial charge in [0.05, 0.1) is 17.7 Å². The van der Waals surface area contributed by atoms with Gasteiger partial charge in [-0.15, -0.1) is 0 Å². The average Bonchev–Trinajstić information content (AvgIpc) is 2.79. The van der Waals surface area contributed by atoms with Gasteiger partial charge in [0.2, 0.25) is 5.91 Å². The number of nitrogens with zero attached hydrogens (tertiary/aromatic N) is 2. The molecule has 2 N–H and O–H groups in total. The van der Waals surface area contributed by atoms with Crippen molar-refractivity contribution in [2.24, 2.45) is 17.6 Å². The Hall–Kier alpha value is -2.16. The fourth-order valence-corrected chi connectivity index (χ4v) is 5.01. The molecule has 0 bridgehead atoms. The molecule has 2 aliphatic rings. The highest BCUT2D eigenvalue weighted by Gasteiger charge is 2.28. The molecule has 0 radical (unpaired) electrons. The molecule has 1 heterocycles. The standard InChI is InChI=1S/C25H35N3O2/c1-30-24(9-10-25(27)29)22-7-5-19(6-8-22)11-14-28-15-12-21(13-16-28)23-4-2-3-20(17-23)18-26/h2-4,12,17,19,22,24H,5-11,13-16H2,1H3,(H2,27,29). The smallest absolute Gasteiger partial charge is 0.217 e. The Morgan fingerprint density at radius 1 is 1.33 bits per heavy atom. The molecule has 30 heavy (non-hydrogen) atoms. The molecule has 0 spiro atoms. The number of hydrogen-bond donors (Lipinski definition) is 1. The highest BCUT2D eigenvalue weighted by atomic mass is 16.5. The lowest BCUT2D eigenvalue weighted by Crippen LogP contribution is -2.32. The Kier molecular flexibility index (Phi) is 8.48. The first kappa shape index (κ1) is 22.5. The molecule has 1 fully saturated rings. The number of methoxy groups -OCH3 is 1. The maximum Gasteiger partial charge on any atom is 0.217 e. The maximum atomic E-state index is 11.1. The first-order chi connectivity index (χ1) is 14.6. The van der Waals surface area contributed by atoms with Gasteiger partial charge in [-0.3, -0.25) is 9.69 Å². The van der Waals surface area contributed by atoms with Gasteiger partial charge in [-0.1, -0.05) is 31.1 Å². The maximum absolute atomic E-state index is 11.1. The summed E-state index contributed by atoms with van der Waals surface area (Å²) < 4.78 is 5.65. The van der Waals surface area contributed by atoms with Gasteiger partial charge in [0.15, 0.2) is 0 Å². The van der Waals surface area contributed by atoms with E-state index in [2.05, 4.69) is 23.1 Å². The van der Waals surface area contributed by atoms with E-state index in [1.165, 1.54) is 43.2 Å². The van der Waals surface area contributed by atoms with Crippen LogP contribution in [0.25, 0.3) is 5.57 Å². The van der Waals surface area contributed by atoms with E-state index in [1.54, 1.807) is 7.11 Å². The summed E-state index contributed by atoms with van der Waals surface area (Å²) in [6.45, 7) is 3.25. The second-order valence-corrected chi connectivity index (χ2v) is 8.82. The van der Waals surface area contributed by atoms with Gasteiger partial charge < -0.3 is 10.5 Å². The van der Waals surface area contributed by atoms with Crippen LogP contribution in [0.5, 0.6) is 0 Å². The number of carbonyl (C=O) groups excluding carboxylic acids is 1. The number of primary amides is 1. The van der Waals surface area contributed by atoms with Gasteiger partial charge >= 0.3 is 0 Å². The number of ether oxygens (including phenoxy) is 1. The molecule has 0 saturated heterocycles. The first-order valence-corrected chi connectivity index (χ1v) is 11.3. The third-order valence-corrected chi connectivity index (χ3v) is 6.90. The van der Waals surface area contributed by atoms with Crippen molar-refractivity contribution < 1.29 is 9.53 Å². The van der Waals surface area contributed by atoms with Crippen molar-refractivity contribution in [2.75, 3.05) is 26.7 Å². The minimum Gasteiger partial charge on any atom is -0.381 e. The zero-order valence-electron chi connectivity index (χ0n) is 18.2. The largest absolute Gasteiger partial charge is 0.381 e. The first-order valence-electron chi connectivity index (χ1n) is 11.3. The van der Waals surface area contributed by atoms with Crippen molar-refractivity contribution in [3.8, 4) is 6.07 Å². The van der Waals surface area contributed by atoms with Crippen molar-refractivity contribution in [2.45, 2.75) is 57.5 Å². The lowest BCUT2D eigenvalue weighted by atomic mass is 9.77. The minimum absolute atomic E-state index is 0.170. The molecule has 1 aliphatic carbocycles. The van der Waals surface area contributed by atoms with Crippen LogP contribution in [-0.4, -0.2) is 43.7 Å². The third kappa shape index (κ3) is 6.42. The number of carbonyl (C=O) groups is 1. The fourth-order valence-electron chi connectivity index (χ4n) is 5.01. The fraction of sp³-hybridized carbons (Fsp3) is 0.600. The lowest BCUT2D eigenvalue weighted by Gasteiger charge is -2.34. The SMILES string of the molecule is COC(CCC(N)=O)C1CCC(CCN2CC=C(c3cccc(C#N)c3)CC2)CC1. The van der Waals surface area contributed by atoms with Crippen LogP contribution < -0.4 is 5.73 Å². The van der Waals surface area contributed by atoms with Crippen molar-refractivity contribution >= 4 is 11.5 Å². The van der Waals surface area contributed by atoms with Gasteiger partial charge in [0.25, 0.3) is 0 Å². The predicted molar refractivity (Wildman–Crippen MR) is 119 cm³/mol. The summed E-state index contributed by atoms with van der Waals surface area (Å²) in [6.07, 6.45) is 10.9. The van der Waals surface area contributed by atoms with Crippen LogP contribution in [0.1, 0.15) is 62.5 Å². The van der Waals surface area contributed by atoms with E-state index in [0.717, 1.165) is 44.0 Å². The summed E-state index contributed by atoms with van der Waals surface area (Å²) >= 11 is 0. The van der Waals surface area contributed by atoms with Crippen LogP contribution in [0.2, 0.25) is 0 Å². The number of amides is 1. The quantitative estimate of drug-likeness (QED) is 0.665. The molecule has 5 heteroatoms. The summed E-state index contributed by atoms with van der Waals surface area (Å²) in [5, 5.41) is 9.10. The highest BCUT2D eigenvalue weighted by Crippen LogP contribution is 2.35. The van der Waals surface area contributed by atoms with Crippen LogP contribution in [0, 0.1) is 23.2 Å². The van der Waals surface area contributed by atoms with Crippen LogP contribution >= 0.6 is 0 Å². The normalized spacial score (nSPS) is 23.4. The Bertz CT molecular complexity index is 775. The summed E-state index contributed by atoms with van der Waals surface area (Å²) in [5.74, 6) is 1.13. The second kappa shape index (κ2) is 11.3. The topological polar surface area (TPSA) is 79.3 Å². The third-order valence-electron chi connectivity index (χ3n) is 6.90. The van der Waals surface area contributed by atoms with Crippen LogP contribution in [0.4, 0.5) is 0 Å². The number of hydrogen-bond acceptors (Lipinski definition) is 4. The monoisotopic (exact) mass is 409 g/mol. The summed E-state index contributed by atoms with van der Waals surface area (Å²) in [5.41, 5.74) is 8.59. The molecule has 1 aliphatic heterocycles. The molecule has 1 aromatic carbocycles. The lowest BCUT2D eigenvalue weighted by molar-refractivity contribution is -0.119. The number of rotatable bonds is 9. The molecule has 1 saturated carbocycles. The van der Waals surface area contributed by atoms with Crippen LogP contribution in [0.3, 0.4) is 0 Å². The summed E-state index contributed by atoms with van der Waals surface area (Å²) in [6, 6.07) is 10.2. The Balaban J connectivity index is 1.40. The number of nitrogens with two attached hydrogens (primary N) is 1. The molecule has 1 aromatic rings. The van der Waals surface area contributed by atoms with E-state index >= 15 is 0 Å². The zero-order valence-corrected chi connectivity index (χ0v) is 18.2. The van der Waals surface area contributed by atoms with E-state index in [-0.39, 0.29) is 12.0 Å². The summed E-state index contributed by atoms with van der Waals surface area (Å²) in [4.78, 5) is 13.6. The average molecular weight is 410 g/mol. The van der Waals surface area contributed by atoms with Crippen molar-refractivity contribution in [3.05, 3.63) is 41.5 Å². The Labute approximate surface area is 180 Å². The minimum atomic E-state index is -0.234. The van der Waals surface area contributed by atoms with Crippen molar-refractivity contribution in [1.82, 2.24) is 4.90 Å². The molecule has 3 rings (SSSR count). The molecular weight excluding hydrogens is 374 g/mol. The van der Waals surface area contributed by atoms with Gasteiger partial charge in [0, 0.05) is 26.6 Å². The molecule has 5 nitrogen and oxygen atoms in total. The van der Waals surface area contributed by atoms with Gasteiger partial charge in [-0.25, -0.2) is 0 Å². The molecule has 1 atom stereocenters. The molecule has 1 unspecified atom stereocenters. The molecular formula is C25H35N3O2. The zero-order chi connectivity index (χ0) is 21.3. The molecule has 162 valence electrons. The van der Waals surface area contributed by atoms with Crippen LogP contribution in [-0.2, 0) is 9.53 Å². The van der Waals surface area contributed by atoms with Gasteiger partial charge in [0.1, 0.15) is 0 Å². The van der Waals surface area contributed by atoms with Crippen molar-refractivity contribution in [1.29, 1.82) is 5.26 Å². The predicted octanol–water partition coefficient (Wildman–Crippen LogP) is 4.12. The Morgan fingerprint density at radius 2 is 2.13 bits per heavy atom. The Morgan fingerprint density at radius 3 is 2.77 bits per heavy atom. The number of benzene rings is 1. The number of nitriles is 1. The highest BCUT2D eigenvalue weighted by molar-refractivity contribution is 5.73. The van der Waals surface area contributed by atoms with E-state index in [1.807, 2.05) is 18.2 Å².